The van der Waals surface area contributed by atoms with E-state index in [0.717, 1.165) is 4.90 Å². The fraction of sp³-hybridized carbons (Fsp3) is 0.455. The van der Waals surface area contributed by atoms with E-state index in [-0.39, 0.29) is 24.1 Å². The van der Waals surface area contributed by atoms with Gasteiger partial charge in [-0.1, -0.05) is 0 Å². The van der Waals surface area contributed by atoms with E-state index in [9.17, 15) is 39.9 Å². The molecule has 36 heavy (non-hydrogen) atoms. The highest BCUT2D eigenvalue weighted by atomic mass is 79.9. The monoisotopic (exact) mass is 587 g/mol. The van der Waals surface area contributed by atoms with Gasteiger partial charge in [-0.05, 0) is 65.2 Å². The number of pyridine rings is 1. The highest BCUT2D eigenvalue weighted by Gasteiger charge is 2.46. The minimum absolute atomic E-state index is 0.00265. The number of anilines is 1. The summed E-state index contributed by atoms with van der Waals surface area (Å²) in [6.07, 6.45) is -12.5. The van der Waals surface area contributed by atoms with Crippen molar-refractivity contribution in [3.05, 3.63) is 56.7 Å². The molecular weight excluding hydrogens is 570 g/mol. The van der Waals surface area contributed by atoms with E-state index in [2.05, 4.69) is 20.9 Å². The van der Waals surface area contributed by atoms with Crippen LogP contribution in [0.25, 0.3) is 0 Å². The number of carbonyl (C=O) groups is 1. The smallest absolute Gasteiger partial charge is 0.416 e. The number of aryl methyl sites for hydroxylation is 1. The number of alkyl halides is 8. The van der Waals surface area contributed by atoms with Crippen LogP contribution in [-0.2, 0) is 23.6 Å². The van der Waals surface area contributed by atoms with Crippen molar-refractivity contribution in [1.82, 2.24) is 9.88 Å². The van der Waals surface area contributed by atoms with Crippen LogP contribution in [0.3, 0.4) is 0 Å². The van der Waals surface area contributed by atoms with Gasteiger partial charge in [-0.15, -0.1) is 0 Å². The topological polar surface area (TPSA) is 45.7 Å². The Labute approximate surface area is 208 Å². The predicted molar refractivity (Wildman–Crippen MR) is 115 cm³/mol. The summed E-state index contributed by atoms with van der Waals surface area (Å²) in [5.41, 5.74) is -2.60. The Balaban J connectivity index is 1.63. The van der Waals surface area contributed by atoms with Crippen LogP contribution in [0, 0.1) is 6.92 Å². The number of rotatable bonds is 4. The molecule has 2 aromatic rings. The number of benzene rings is 1. The van der Waals surface area contributed by atoms with Crippen molar-refractivity contribution in [1.29, 1.82) is 0 Å². The van der Waals surface area contributed by atoms with Gasteiger partial charge >= 0.3 is 18.4 Å². The summed E-state index contributed by atoms with van der Waals surface area (Å²) in [5, 5.41) is 0. The Morgan fingerprint density at radius 3 is 2.11 bits per heavy atom. The maximum absolute atomic E-state index is 13.3. The number of amides is 1. The van der Waals surface area contributed by atoms with Gasteiger partial charge in [-0.25, -0.2) is 18.6 Å². The number of aromatic nitrogens is 1. The van der Waals surface area contributed by atoms with Crippen molar-refractivity contribution in [3.63, 3.8) is 0 Å². The lowest BCUT2D eigenvalue weighted by atomic mass is 9.97. The fourth-order valence-corrected chi connectivity index (χ4v) is 4.44. The first-order valence-electron chi connectivity index (χ1n) is 10.5. The second kappa shape index (κ2) is 8.73. The van der Waals surface area contributed by atoms with Crippen LogP contribution < -0.4 is 4.90 Å². The molecule has 0 spiro atoms. The molecule has 0 N–H and O–H groups in total. The van der Waals surface area contributed by atoms with E-state index in [1.165, 1.54) is 11.8 Å². The molecule has 3 heterocycles. The molecule has 0 aliphatic carbocycles. The number of hydrogen-bond donors (Lipinski definition) is 0. The van der Waals surface area contributed by atoms with Crippen LogP contribution in [0.2, 0.25) is 0 Å². The van der Waals surface area contributed by atoms with Crippen molar-refractivity contribution in [2.24, 2.45) is 0 Å². The molecule has 196 valence electrons. The van der Waals surface area contributed by atoms with E-state index >= 15 is 0 Å². The first kappa shape index (κ1) is 26.4. The number of cyclic esters (lactones) is 1. The molecule has 0 saturated carbocycles. The van der Waals surface area contributed by atoms with Gasteiger partial charge in [0, 0.05) is 4.47 Å². The first-order valence-corrected chi connectivity index (χ1v) is 11.3. The lowest BCUT2D eigenvalue weighted by molar-refractivity contribution is -0.143. The Kier molecular flexibility index (Phi) is 6.41. The van der Waals surface area contributed by atoms with Crippen LogP contribution in [0.5, 0.6) is 0 Å². The largest absolute Gasteiger partial charge is 0.439 e. The number of halogens is 9. The van der Waals surface area contributed by atoms with Crippen molar-refractivity contribution in [3.8, 4) is 0 Å². The van der Waals surface area contributed by atoms with Crippen LogP contribution in [0.1, 0.15) is 41.0 Å². The van der Waals surface area contributed by atoms with Gasteiger partial charge in [0.15, 0.2) is 0 Å². The van der Waals surface area contributed by atoms with Crippen LogP contribution in [0.15, 0.2) is 28.7 Å². The predicted octanol–water partition coefficient (Wildman–Crippen LogP) is 6.73. The molecule has 2 fully saturated rings. The molecule has 2 atom stereocenters. The van der Waals surface area contributed by atoms with Gasteiger partial charge in [-0.3, -0.25) is 4.90 Å². The van der Waals surface area contributed by atoms with Gasteiger partial charge < -0.3 is 9.64 Å². The third-order valence-corrected chi connectivity index (χ3v) is 7.10. The van der Waals surface area contributed by atoms with Crippen molar-refractivity contribution in [2.75, 3.05) is 18.0 Å². The Hall–Kier alpha value is -2.64. The first-order chi connectivity index (χ1) is 16.5. The summed E-state index contributed by atoms with van der Waals surface area (Å²) < 4.78 is 112. The molecule has 14 heteroatoms. The molecule has 2 aliphatic rings. The Morgan fingerprint density at radius 2 is 1.61 bits per heavy atom. The van der Waals surface area contributed by atoms with Gasteiger partial charge in [0.1, 0.15) is 11.9 Å². The molecule has 0 bridgehead atoms. The molecule has 2 aliphatic heterocycles. The molecule has 1 aromatic carbocycles. The van der Waals surface area contributed by atoms with Crippen LogP contribution >= 0.6 is 15.9 Å². The Bertz CT molecular complexity index is 1160. The molecule has 0 radical (unpaired) electrons. The van der Waals surface area contributed by atoms with Crippen molar-refractivity contribution >= 4 is 27.8 Å². The lowest BCUT2D eigenvalue weighted by Gasteiger charge is -2.40. The molecule has 1 amide bonds. The molecule has 5 nitrogen and oxygen atoms in total. The highest BCUT2D eigenvalue weighted by molar-refractivity contribution is 9.10. The van der Waals surface area contributed by atoms with Gasteiger partial charge in [-0.2, -0.15) is 26.3 Å². The quantitative estimate of drug-likeness (QED) is 0.372. The summed E-state index contributed by atoms with van der Waals surface area (Å²) in [6, 6.07) is 1.66. The normalized spacial score (nSPS) is 22.0. The third kappa shape index (κ3) is 5.09. The highest BCUT2D eigenvalue weighted by Crippen LogP contribution is 2.41. The second-order valence-electron chi connectivity index (χ2n) is 8.78. The minimum atomic E-state index is -5.05. The zero-order valence-corrected chi connectivity index (χ0v) is 20.2. The number of hydrogen-bond acceptors (Lipinski definition) is 4. The van der Waals surface area contributed by atoms with Gasteiger partial charge in [0.05, 0.1) is 42.5 Å². The number of nitrogens with zero attached hydrogens (tertiary/aromatic N) is 3. The fourth-order valence-electron chi connectivity index (χ4n) is 4.11. The van der Waals surface area contributed by atoms with E-state index in [1.54, 1.807) is 13.0 Å². The minimum Gasteiger partial charge on any atom is -0.439 e. The van der Waals surface area contributed by atoms with Gasteiger partial charge in [0.2, 0.25) is 0 Å². The average molecular weight is 588 g/mol. The summed E-state index contributed by atoms with van der Waals surface area (Å²) in [4.78, 5) is 19.4. The summed E-state index contributed by atoms with van der Waals surface area (Å²) >= 11 is 3.34. The van der Waals surface area contributed by atoms with E-state index in [4.69, 9.17) is 4.74 Å². The summed E-state index contributed by atoms with van der Waals surface area (Å²) in [5.74, 6) is -2.59. The SMILES string of the molecule is Cc1cc(N2CC(F)(F)C2)nc(CN2C(=O)O[C@H](c3cc(C(F)(F)F)cc(C(F)(F)F)c3)[C@@H]2C)c1Br. The number of carbonyl (C=O) groups excluding carboxylic acids is 1. The zero-order valence-electron chi connectivity index (χ0n) is 18.6. The molecule has 1 aromatic heterocycles. The number of ether oxygens (including phenoxy) is 1. The maximum atomic E-state index is 13.3. The summed E-state index contributed by atoms with van der Waals surface area (Å²) in [6.45, 7) is 1.83. The van der Waals surface area contributed by atoms with Crippen molar-refractivity contribution in [2.45, 2.75) is 50.8 Å². The van der Waals surface area contributed by atoms with Crippen molar-refractivity contribution < 1.29 is 44.7 Å². The third-order valence-electron chi connectivity index (χ3n) is 6.01. The van der Waals surface area contributed by atoms with Crippen LogP contribution in [-0.4, -0.2) is 41.0 Å². The molecule has 4 rings (SSSR count). The molecule has 0 unspecified atom stereocenters. The average Bonchev–Trinajstić information content (AvgIpc) is 3.01. The van der Waals surface area contributed by atoms with Gasteiger partial charge in [0.25, 0.3) is 5.92 Å². The van der Waals surface area contributed by atoms with E-state index < -0.39 is 66.3 Å². The maximum Gasteiger partial charge on any atom is 0.416 e. The standard InChI is InChI=1S/C22H18BrF8N3O2/c1-10-3-16(33-8-20(24,25)9-33)32-15(17(10)23)7-34-11(2)18(36-19(34)35)12-4-13(21(26,27)28)6-14(5-12)22(29,30)31/h3-6,11,18H,7-9H2,1-2H3/t11-,18-/m0/s1. The second-order valence-corrected chi connectivity index (χ2v) is 9.58. The van der Waals surface area contributed by atoms with E-state index in [0.29, 0.717) is 22.2 Å². The zero-order chi connectivity index (χ0) is 26.8. The molecule has 2 saturated heterocycles. The van der Waals surface area contributed by atoms with Crippen LogP contribution in [0.4, 0.5) is 45.7 Å². The molecular formula is C22H18BrF8N3O2. The van der Waals surface area contributed by atoms with E-state index in [1.807, 2.05) is 0 Å². The summed E-state index contributed by atoms with van der Waals surface area (Å²) in [7, 11) is 0. The lowest BCUT2D eigenvalue weighted by Crippen LogP contribution is -2.56. The Morgan fingerprint density at radius 1 is 1.06 bits per heavy atom.